The van der Waals surface area contributed by atoms with Gasteiger partial charge in [0.2, 0.25) is 17.7 Å². The monoisotopic (exact) mass is 458 g/mol. The highest BCUT2D eigenvalue weighted by molar-refractivity contribution is 7.80. The van der Waals surface area contributed by atoms with E-state index in [1.54, 1.807) is 12.1 Å². The van der Waals surface area contributed by atoms with E-state index in [2.05, 4.69) is 41.2 Å². The predicted molar refractivity (Wildman–Crippen MR) is 117 cm³/mol. The summed E-state index contributed by atoms with van der Waals surface area (Å²) < 4.78 is 0. The Kier molecular flexibility index (Phi) is 10.5. The van der Waals surface area contributed by atoms with Crippen LogP contribution >= 0.6 is 25.3 Å². The summed E-state index contributed by atoms with van der Waals surface area (Å²) in [5.74, 6) is -3.26. The van der Waals surface area contributed by atoms with Gasteiger partial charge in [-0.1, -0.05) is 12.1 Å². The fraction of sp³-hybridized carbons (Fsp3) is 0.444. The van der Waals surface area contributed by atoms with E-state index in [9.17, 15) is 24.3 Å². The average molecular weight is 459 g/mol. The minimum atomic E-state index is -1.27. The lowest BCUT2D eigenvalue weighted by Crippen LogP contribution is -2.57. The van der Waals surface area contributed by atoms with Crippen LogP contribution in [0, 0.1) is 0 Å². The highest BCUT2D eigenvalue weighted by atomic mass is 32.1. The highest BCUT2D eigenvalue weighted by Crippen LogP contribution is 2.12. The van der Waals surface area contributed by atoms with Crippen LogP contribution in [-0.4, -0.2) is 69.6 Å². The molecule has 4 unspecified atom stereocenters. The number of benzene rings is 1. The second kappa shape index (κ2) is 12.3. The van der Waals surface area contributed by atoms with E-state index in [0.717, 1.165) is 0 Å². The van der Waals surface area contributed by atoms with Gasteiger partial charge in [-0.3, -0.25) is 14.4 Å². The average Bonchev–Trinajstić information content (AvgIpc) is 2.71. The summed E-state index contributed by atoms with van der Waals surface area (Å²) in [6.07, 6.45) is 0.0214. The molecule has 0 fully saturated rings. The first-order valence-electron chi connectivity index (χ1n) is 8.98. The molecule has 0 radical (unpaired) electrons. The van der Waals surface area contributed by atoms with Crippen molar-refractivity contribution in [2.45, 2.75) is 37.5 Å². The molecule has 0 saturated heterocycles. The van der Waals surface area contributed by atoms with Gasteiger partial charge < -0.3 is 31.9 Å². The molecule has 0 heterocycles. The van der Waals surface area contributed by atoms with Crippen LogP contribution in [0.1, 0.15) is 12.5 Å². The quantitative estimate of drug-likeness (QED) is 0.190. The van der Waals surface area contributed by atoms with Crippen LogP contribution in [0.15, 0.2) is 24.3 Å². The Morgan fingerprint density at radius 3 is 2.00 bits per heavy atom. The second-order valence-electron chi connectivity index (χ2n) is 6.53. The number of aromatic hydroxyl groups is 1. The molecular weight excluding hydrogens is 432 g/mol. The number of hydrogen-bond acceptors (Lipinski definition) is 8. The van der Waals surface area contributed by atoms with Crippen LogP contribution in [-0.2, 0) is 25.6 Å². The van der Waals surface area contributed by atoms with E-state index in [0.29, 0.717) is 5.56 Å². The molecule has 0 saturated carbocycles. The van der Waals surface area contributed by atoms with Crippen molar-refractivity contribution >= 4 is 48.9 Å². The zero-order valence-electron chi connectivity index (χ0n) is 16.2. The van der Waals surface area contributed by atoms with Crippen molar-refractivity contribution in [3.63, 3.8) is 0 Å². The van der Waals surface area contributed by atoms with Gasteiger partial charge in [0, 0.05) is 17.9 Å². The normalized spacial score (nSPS) is 14.7. The van der Waals surface area contributed by atoms with Crippen molar-refractivity contribution in [3.8, 4) is 5.75 Å². The number of carboxylic acid groups (broad SMARTS) is 1. The van der Waals surface area contributed by atoms with Gasteiger partial charge in [0.1, 0.15) is 23.9 Å². The first kappa shape index (κ1) is 25.6. The lowest BCUT2D eigenvalue weighted by Gasteiger charge is -2.23. The molecule has 1 aromatic rings. The van der Waals surface area contributed by atoms with Gasteiger partial charge in [-0.05, 0) is 24.6 Å². The Hall–Kier alpha value is -2.44. The van der Waals surface area contributed by atoms with Crippen molar-refractivity contribution in [1.29, 1.82) is 0 Å². The molecule has 12 heteroatoms. The smallest absolute Gasteiger partial charge is 0.327 e. The Balaban J connectivity index is 2.94. The van der Waals surface area contributed by atoms with Crippen LogP contribution in [0.2, 0.25) is 0 Å². The van der Waals surface area contributed by atoms with Crippen molar-refractivity contribution in [1.82, 2.24) is 16.0 Å². The van der Waals surface area contributed by atoms with Gasteiger partial charge in [-0.2, -0.15) is 25.3 Å². The van der Waals surface area contributed by atoms with Crippen molar-refractivity contribution < 1.29 is 29.4 Å². The number of nitrogens with one attached hydrogen (secondary N) is 3. The van der Waals surface area contributed by atoms with Crippen molar-refractivity contribution in [2.75, 3.05) is 11.5 Å². The standard InChI is InChI=1S/C18H26N4O6S2/c1-9(20-16(25)12(19)7-29)15(24)21-13(6-10-2-4-11(23)5-3-10)17(26)22-14(8-30)18(27)28/h2-5,9,12-14,23,29-30H,6-8,19H2,1H3,(H,20,25)(H,21,24)(H,22,26)(H,27,28). The Bertz CT molecular complexity index is 762. The molecule has 3 amide bonds. The SMILES string of the molecule is CC(NC(=O)C(N)CS)C(=O)NC(Cc1ccc(O)cc1)C(=O)NC(CS)C(=O)O. The molecular formula is C18H26N4O6S2. The molecule has 1 rings (SSSR count). The molecule has 0 aliphatic heterocycles. The molecule has 4 atom stereocenters. The minimum absolute atomic E-state index is 0.0214. The maximum atomic E-state index is 12.6. The van der Waals surface area contributed by atoms with Gasteiger partial charge in [-0.15, -0.1) is 0 Å². The minimum Gasteiger partial charge on any atom is -0.508 e. The van der Waals surface area contributed by atoms with E-state index in [4.69, 9.17) is 10.8 Å². The summed E-state index contributed by atoms with van der Waals surface area (Å²) >= 11 is 7.82. The molecule has 7 N–H and O–H groups in total. The predicted octanol–water partition coefficient (Wildman–Crippen LogP) is -1.32. The lowest BCUT2D eigenvalue weighted by atomic mass is 10.0. The van der Waals surface area contributed by atoms with Crippen LogP contribution in [0.4, 0.5) is 0 Å². The Labute approximate surface area is 184 Å². The molecule has 0 aromatic heterocycles. The van der Waals surface area contributed by atoms with Gasteiger partial charge in [-0.25, -0.2) is 4.79 Å². The summed E-state index contributed by atoms with van der Waals surface area (Å²) in [6.45, 7) is 1.42. The molecule has 0 aliphatic carbocycles. The number of hydrogen-bond donors (Lipinski definition) is 8. The molecule has 0 aliphatic rings. The van der Waals surface area contributed by atoms with Gasteiger partial charge in [0.25, 0.3) is 0 Å². The summed E-state index contributed by atoms with van der Waals surface area (Å²) in [4.78, 5) is 48.2. The number of carboxylic acids is 1. The maximum Gasteiger partial charge on any atom is 0.327 e. The number of phenolic OH excluding ortho intramolecular Hbond substituents is 1. The number of nitrogens with two attached hydrogens (primary N) is 1. The number of aliphatic carboxylic acids is 1. The fourth-order valence-electron chi connectivity index (χ4n) is 2.30. The summed E-state index contributed by atoms with van der Waals surface area (Å²) in [6, 6.07) is 1.68. The maximum absolute atomic E-state index is 12.6. The highest BCUT2D eigenvalue weighted by Gasteiger charge is 2.28. The number of rotatable bonds is 11. The topological polar surface area (TPSA) is 171 Å². The van der Waals surface area contributed by atoms with Crippen molar-refractivity contribution in [3.05, 3.63) is 29.8 Å². The fourth-order valence-corrected chi connectivity index (χ4v) is 2.71. The Morgan fingerprint density at radius 2 is 1.50 bits per heavy atom. The zero-order chi connectivity index (χ0) is 22.8. The van der Waals surface area contributed by atoms with Gasteiger partial charge >= 0.3 is 5.97 Å². The molecule has 1 aromatic carbocycles. The van der Waals surface area contributed by atoms with Crippen LogP contribution in [0.25, 0.3) is 0 Å². The summed E-state index contributed by atoms with van der Waals surface area (Å²) in [5, 5.41) is 25.8. The number of thiol groups is 2. The van der Waals surface area contributed by atoms with E-state index >= 15 is 0 Å². The van der Waals surface area contributed by atoms with Crippen LogP contribution < -0.4 is 21.7 Å². The third-order valence-electron chi connectivity index (χ3n) is 4.09. The summed E-state index contributed by atoms with van der Waals surface area (Å²) in [5.41, 5.74) is 6.17. The van der Waals surface area contributed by atoms with E-state index in [-0.39, 0.29) is 23.7 Å². The molecule has 0 bridgehead atoms. The first-order valence-corrected chi connectivity index (χ1v) is 10.2. The number of phenols is 1. The second-order valence-corrected chi connectivity index (χ2v) is 7.26. The molecule has 30 heavy (non-hydrogen) atoms. The zero-order valence-corrected chi connectivity index (χ0v) is 18.0. The summed E-state index contributed by atoms with van der Waals surface area (Å²) in [7, 11) is 0. The van der Waals surface area contributed by atoms with Gasteiger partial charge in [0.05, 0.1) is 6.04 Å². The van der Waals surface area contributed by atoms with E-state index in [1.165, 1.54) is 19.1 Å². The third-order valence-corrected chi connectivity index (χ3v) is 4.85. The van der Waals surface area contributed by atoms with Crippen LogP contribution in [0.5, 0.6) is 5.75 Å². The van der Waals surface area contributed by atoms with E-state index < -0.39 is 47.9 Å². The largest absolute Gasteiger partial charge is 0.508 e. The molecule has 0 spiro atoms. The Morgan fingerprint density at radius 1 is 0.933 bits per heavy atom. The van der Waals surface area contributed by atoms with E-state index in [1.807, 2.05) is 0 Å². The first-order chi connectivity index (χ1) is 14.1. The molecule has 10 nitrogen and oxygen atoms in total. The van der Waals surface area contributed by atoms with Crippen LogP contribution in [0.3, 0.4) is 0 Å². The number of amides is 3. The number of carbonyl (C=O) groups excluding carboxylic acids is 3. The molecule has 166 valence electrons. The third kappa shape index (κ3) is 8.13. The van der Waals surface area contributed by atoms with Crippen molar-refractivity contribution in [2.24, 2.45) is 5.73 Å². The number of carbonyl (C=O) groups is 4. The van der Waals surface area contributed by atoms with Gasteiger partial charge in [0.15, 0.2) is 0 Å². The lowest BCUT2D eigenvalue weighted by molar-refractivity contribution is -0.141.